The van der Waals surface area contributed by atoms with Crippen molar-refractivity contribution in [2.75, 3.05) is 30.3 Å². The summed E-state index contributed by atoms with van der Waals surface area (Å²) in [6, 6.07) is 15.2. The second-order valence-electron chi connectivity index (χ2n) is 7.90. The minimum absolute atomic E-state index is 0.00682. The van der Waals surface area contributed by atoms with Crippen molar-refractivity contribution in [2.24, 2.45) is 0 Å². The van der Waals surface area contributed by atoms with Gasteiger partial charge in [0.25, 0.3) is 11.8 Å². The van der Waals surface area contributed by atoms with Crippen molar-refractivity contribution in [1.29, 1.82) is 0 Å². The summed E-state index contributed by atoms with van der Waals surface area (Å²) in [6.45, 7) is 5.18. The zero-order chi connectivity index (χ0) is 22.1. The molecule has 2 amide bonds. The van der Waals surface area contributed by atoms with Gasteiger partial charge in [-0.1, -0.05) is 19.3 Å². The van der Waals surface area contributed by atoms with Crippen molar-refractivity contribution in [1.82, 2.24) is 4.90 Å². The molecule has 6 nitrogen and oxygen atoms in total. The number of carbonyl (C=O) groups excluding carboxylic acids is 2. The fourth-order valence-electron chi connectivity index (χ4n) is 3.87. The van der Waals surface area contributed by atoms with Gasteiger partial charge in [-0.2, -0.15) is 0 Å². The third-order valence-electron chi connectivity index (χ3n) is 5.67. The number of hydrogen-bond donors (Lipinski definition) is 2. The van der Waals surface area contributed by atoms with Gasteiger partial charge in [0, 0.05) is 36.1 Å². The molecule has 31 heavy (non-hydrogen) atoms. The Kier molecular flexibility index (Phi) is 8.33. The maximum atomic E-state index is 12.3. The van der Waals surface area contributed by atoms with Gasteiger partial charge >= 0.3 is 0 Å². The zero-order valence-corrected chi connectivity index (χ0v) is 18.5. The zero-order valence-electron chi connectivity index (χ0n) is 18.5. The summed E-state index contributed by atoms with van der Waals surface area (Å²) >= 11 is 0. The van der Waals surface area contributed by atoms with Crippen LogP contribution in [-0.2, 0) is 4.79 Å². The van der Waals surface area contributed by atoms with Crippen molar-refractivity contribution < 1.29 is 14.3 Å². The average molecular weight is 424 g/mol. The highest BCUT2D eigenvalue weighted by atomic mass is 16.5. The highest BCUT2D eigenvalue weighted by Crippen LogP contribution is 2.23. The highest BCUT2D eigenvalue weighted by molar-refractivity contribution is 5.96. The first kappa shape index (κ1) is 22.7. The number of amides is 2. The van der Waals surface area contributed by atoms with E-state index in [2.05, 4.69) is 10.6 Å². The van der Waals surface area contributed by atoms with Crippen LogP contribution in [0, 0.1) is 0 Å². The number of nitrogens with zero attached hydrogens (tertiary/aromatic N) is 1. The summed E-state index contributed by atoms with van der Waals surface area (Å²) < 4.78 is 5.61. The van der Waals surface area contributed by atoms with Crippen LogP contribution >= 0.6 is 0 Å². The van der Waals surface area contributed by atoms with E-state index in [1.807, 2.05) is 38.1 Å². The van der Waals surface area contributed by atoms with E-state index in [4.69, 9.17) is 4.74 Å². The van der Waals surface area contributed by atoms with Crippen molar-refractivity contribution in [2.45, 2.75) is 52.0 Å². The maximum absolute atomic E-state index is 12.3. The number of rotatable bonds is 9. The molecule has 1 aliphatic carbocycles. The molecular formula is C25H33N3O3. The van der Waals surface area contributed by atoms with Gasteiger partial charge in [-0.25, -0.2) is 0 Å². The van der Waals surface area contributed by atoms with Crippen molar-refractivity contribution in [3.8, 4) is 5.75 Å². The maximum Gasteiger partial charge on any atom is 0.262 e. The lowest BCUT2D eigenvalue weighted by atomic mass is 9.95. The molecule has 0 heterocycles. The molecule has 2 aromatic rings. The summed E-state index contributed by atoms with van der Waals surface area (Å²) in [5.41, 5.74) is 2.33. The van der Waals surface area contributed by atoms with Crippen LogP contribution in [0.15, 0.2) is 48.5 Å². The fourth-order valence-corrected chi connectivity index (χ4v) is 3.87. The molecular weight excluding hydrogens is 390 g/mol. The molecule has 0 atom stereocenters. The first-order valence-corrected chi connectivity index (χ1v) is 11.3. The van der Waals surface area contributed by atoms with Gasteiger partial charge in [-0.05, 0) is 75.2 Å². The normalized spacial score (nSPS) is 14.0. The van der Waals surface area contributed by atoms with Crippen LogP contribution in [0.25, 0.3) is 0 Å². The molecule has 1 aliphatic rings. The molecule has 0 saturated heterocycles. The van der Waals surface area contributed by atoms with Gasteiger partial charge in [0.15, 0.2) is 6.61 Å². The number of benzene rings is 2. The molecule has 0 unspecified atom stereocenters. The predicted octanol–water partition coefficient (Wildman–Crippen LogP) is 4.93. The van der Waals surface area contributed by atoms with Gasteiger partial charge in [0.1, 0.15) is 5.75 Å². The van der Waals surface area contributed by atoms with Gasteiger partial charge in [0.2, 0.25) is 0 Å². The topological polar surface area (TPSA) is 70.7 Å². The average Bonchev–Trinajstić information content (AvgIpc) is 2.80. The van der Waals surface area contributed by atoms with E-state index in [1.54, 1.807) is 29.2 Å². The Bertz CT molecular complexity index is 839. The van der Waals surface area contributed by atoms with Crippen molar-refractivity contribution >= 4 is 23.2 Å². The first-order valence-electron chi connectivity index (χ1n) is 11.3. The molecule has 3 rings (SSSR count). The lowest BCUT2D eigenvalue weighted by Crippen LogP contribution is -2.30. The minimum atomic E-state index is -0.243. The third-order valence-corrected chi connectivity index (χ3v) is 5.67. The first-order chi connectivity index (χ1) is 15.1. The summed E-state index contributed by atoms with van der Waals surface area (Å²) in [7, 11) is 0. The molecule has 0 spiro atoms. The fraction of sp³-hybridized carbons (Fsp3) is 0.440. The number of ether oxygens (including phenoxy) is 1. The SMILES string of the molecule is CCN(CC)C(=O)c1ccc(NC(=O)COc2ccc(NC3CCCCC3)cc2)cc1. The molecule has 1 fully saturated rings. The standard InChI is InChI=1S/C25H33N3O3/c1-3-28(4-2)25(30)19-10-12-22(13-11-19)27-24(29)18-31-23-16-14-21(15-17-23)26-20-8-6-5-7-9-20/h10-17,20,26H,3-9,18H2,1-2H3,(H,27,29). The second kappa shape index (κ2) is 11.4. The van der Waals surface area contributed by atoms with Crippen LogP contribution in [0.5, 0.6) is 5.75 Å². The Labute approximate surface area is 185 Å². The smallest absolute Gasteiger partial charge is 0.262 e. The van der Waals surface area contributed by atoms with Crippen LogP contribution in [0.1, 0.15) is 56.3 Å². The number of anilines is 2. The lowest BCUT2D eigenvalue weighted by Gasteiger charge is -2.23. The minimum Gasteiger partial charge on any atom is -0.484 e. The quantitative estimate of drug-likeness (QED) is 0.600. The van der Waals surface area contributed by atoms with Crippen molar-refractivity contribution in [3.05, 3.63) is 54.1 Å². The highest BCUT2D eigenvalue weighted by Gasteiger charge is 2.14. The summed E-state index contributed by atoms with van der Waals surface area (Å²) in [6.07, 6.45) is 6.38. The van der Waals surface area contributed by atoms with E-state index in [0.717, 1.165) is 5.69 Å². The van der Waals surface area contributed by atoms with Crippen LogP contribution in [-0.4, -0.2) is 42.5 Å². The van der Waals surface area contributed by atoms with Crippen molar-refractivity contribution in [3.63, 3.8) is 0 Å². The van der Waals surface area contributed by atoms with Crippen LogP contribution in [0.2, 0.25) is 0 Å². The number of hydrogen-bond acceptors (Lipinski definition) is 4. The second-order valence-corrected chi connectivity index (χ2v) is 7.90. The van der Waals surface area contributed by atoms with E-state index >= 15 is 0 Å². The van der Waals surface area contributed by atoms with E-state index in [-0.39, 0.29) is 18.4 Å². The van der Waals surface area contributed by atoms with Gasteiger partial charge < -0.3 is 20.3 Å². The van der Waals surface area contributed by atoms with E-state index < -0.39 is 0 Å². The number of carbonyl (C=O) groups is 2. The van der Waals surface area contributed by atoms with Crippen LogP contribution in [0.4, 0.5) is 11.4 Å². The monoisotopic (exact) mass is 423 g/mol. The van der Waals surface area contributed by atoms with Gasteiger partial charge in [-0.15, -0.1) is 0 Å². The molecule has 0 bridgehead atoms. The van der Waals surface area contributed by atoms with Gasteiger partial charge in [-0.3, -0.25) is 9.59 Å². The van der Waals surface area contributed by atoms with E-state index in [9.17, 15) is 9.59 Å². The predicted molar refractivity (Wildman–Crippen MR) is 125 cm³/mol. The third kappa shape index (κ3) is 6.74. The molecule has 0 aliphatic heterocycles. The summed E-state index contributed by atoms with van der Waals surface area (Å²) in [4.78, 5) is 26.3. The Morgan fingerprint density at radius 1 is 0.903 bits per heavy atom. The molecule has 166 valence electrons. The Morgan fingerprint density at radius 2 is 1.52 bits per heavy atom. The molecule has 2 aromatic carbocycles. The van der Waals surface area contributed by atoms with E-state index in [0.29, 0.717) is 36.1 Å². The molecule has 2 N–H and O–H groups in total. The Hall–Kier alpha value is -3.02. The van der Waals surface area contributed by atoms with Crippen LogP contribution in [0.3, 0.4) is 0 Å². The number of nitrogens with one attached hydrogen (secondary N) is 2. The van der Waals surface area contributed by atoms with E-state index in [1.165, 1.54) is 32.1 Å². The lowest BCUT2D eigenvalue weighted by molar-refractivity contribution is -0.118. The molecule has 0 radical (unpaired) electrons. The largest absolute Gasteiger partial charge is 0.484 e. The van der Waals surface area contributed by atoms with Crippen LogP contribution < -0.4 is 15.4 Å². The van der Waals surface area contributed by atoms with Gasteiger partial charge in [0.05, 0.1) is 0 Å². The molecule has 0 aromatic heterocycles. The molecule has 6 heteroatoms. The molecule has 1 saturated carbocycles. The summed E-state index contributed by atoms with van der Waals surface area (Å²) in [5, 5.41) is 6.37. The summed E-state index contributed by atoms with van der Waals surface area (Å²) in [5.74, 6) is 0.407. The Balaban J connectivity index is 1.45. The Morgan fingerprint density at radius 3 is 2.13 bits per heavy atom.